The summed E-state index contributed by atoms with van der Waals surface area (Å²) in [6.07, 6.45) is 0.144. The number of amides is 2. The Balaban J connectivity index is 2.15. The summed E-state index contributed by atoms with van der Waals surface area (Å²) in [4.78, 5) is 22.3. The van der Waals surface area contributed by atoms with Crippen LogP contribution in [-0.4, -0.2) is 17.9 Å². The van der Waals surface area contributed by atoms with Crippen molar-refractivity contribution in [3.8, 4) is 0 Å². The van der Waals surface area contributed by atoms with Crippen LogP contribution in [0, 0.1) is 0 Å². The molecular weight excluding hydrogens is 295 g/mol. The Hall–Kier alpha value is -1.07. The van der Waals surface area contributed by atoms with E-state index >= 15 is 0 Å². The minimum absolute atomic E-state index is 0.144. The van der Waals surface area contributed by atoms with Gasteiger partial charge in [0.05, 0.1) is 17.1 Å². The first-order valence-corrected chi connectivity index (χ1v) is 5.78. The SMILES string of the molecule is O=C1CC(Nc2ccc(Br)cc2Cl)C(=O)N1. The summed E-state index contributed by atoms with van der Waals surface area (Å²) in [6.45, 7) is 0. The van der Waals surface area contributed by atoms with Gasteiger partial charge in [-0.25, -0.2) is 0 Å². The summed E-state index contributed by atoms with van der Waals surface area (Å²) >= 11 is 9.27. The van der Waals surface area contributed by atoms with Crippen LogP contribution in [0.5, 0.6) is 0 Å². The number of rotatable bonds is 2. The molecule has 16 heavy (non-hydrogen) atoms. The van der Waals surface area contributed by atoms with Crippen LogP contribution in [0.25, 0.3) is 0 Å². The summed E-state index contributed by atoms with van der Waals surface area (Å²) in [7, 11) is 0. The zero-order chi connectivity index (χ0) is 11.7. The lowest BCUT2D eigenvalue weighted by molar-refractivity contribution is -0.124. The molecule has 0 spiro atoms. The molecule has 1 aliphatic heterocycles. The predicted octanol–water partition coefficient (Wildman–Crippen LogP) is 1.93. The first-order valence-electron chi connectivity index (χ1n) is 4.61. The molecule has 0 aromatic heterocycles. The highest BCUT2D eigenvalue weighted by molar-refractivity contribution is 9.10. The Bertz CT molecular complexity index is 464. The van der Waals surface area contributed by atoms with Crippen molar-refractivity contribution in [3.05, 3.63) is 27.7 Å². The molecule has 6 heteroatoms. The molecule has 2 N–H and O–H groups in total. The number of hydrogen-bond donors (Lipinski definition) is 2. The van der Waals surface area contributed by atoms with E-state index in [1.165, 1.54) is 0 Å². The molecule has 0 bridgehead atoms. The van der Waals surface area contributed by atoms with Gasteiger partial charge in [0.15, 0.2) is 0 Å². The molecule has 1 unspecified atom stereocenters. The first kappa shape index (κ1) is 11.4. The Kier molecular flexibility index (Phi) is 3.16. The average Bonchev–Trinajstić information content (AvgIpc) is 2.50. The molecular formula is C10H8BrClN2O2. The fraction of sp³-hybridized carbons (Fsp3) is 0.200. The average molecular weight is 304 g/mol. The van der Waals surface area contributed by atoms with E-state index in [-0.39, 0.29) is 18.2 Å². The fourth-order valence-corrected chi connectivity index (χ4v) is 2.19. The number of imide groups is 1. The van der Waals surface area contributed by atoms with Gasteiger partial charge >= 0.3 is 0 Å². The normalized spacial score (nSPS) is 19.8. The number of nitrogens with one attached hydrogen (secondary N) is 2. The predicted molar refractivity (Wildman–Crippen MR) is 64.3 cm³/mol. The van der Waals surface area contributed by atoms with Crippen molar-refractivity contribution in [2.75, 3.05) is 5.32 Å². The smallest absolute Gasteiger partial charge is 0.249 e. The zero-order valence-corrected chi connectivity index (χ0v) is 10.4. The van der Waals surface area contributed by atoms with E-state index in [0.717, 1.165) is 4.47 Å². The molecule has 1 saturated heterocycles. The van der Waals surface area contributed by atoms with Gasteiger partial charge < -0.3 is 5.32 Å². The Morgan fingerprint density at radius 1 is 1.44 bits per heavy atom. The quantitative estimate of drug-likeness (QED) is 0.821. The van der Waals surface area contributed by atoms with Gasteiger partial charge in [-0.2, -0.15) is 0 Å². The van der Waals surface area contributed by atoms with Gasteiger partial charge in [0.25, 0.3) is 0 Å². The highest BCUT2D eigenvalue weighted by atomic mass is 79.9. The van der Waals surface area contributed by atoms with Crippen LogP contribution in [0.15, 0.2) is 22.7 Å². The molecule has 84 valence electrons. The second kappa shape index (κ2) is 4.43. The van der Waals surface area contributed by atoms with E-state index in [0.29, 0.717) is 10.7 Å². The Labute approximate surface area is 105 Å². The van der Waals surface area contributed by atoms with Crippen molar-refractivity contribution in [2.24, 2.45) is 0 Å². The van der Waals surface area contributed by atoms with Crippen LogP contribution in [0.2, 0.25) is 5.02 Å². The number of halogens is 2. The summed E-state index contributed by atoms with van der Waals surface area (Å²) in [5.41, 5.74) is 0.639. The largest absolute Gasteiger partial charge is 0.372 e. The molecule has 1 atom stereocenters. The number of benzene rings is 1. The fourth-order valence-electron chi connectivity index (χ4n) is 1.46. The maximum absolute atomic E-state index is 11.3. The molecule has 1 heterocycles. The lowest BCUT2D eigenvalue weighted by Gasteiger charge is -2.12. The molecule has 0 saturated carbocycles. The maximum atomic E-state index is 11.3. The highest BCUT2D eigenvalue weighted by Gasteiger charge is 2.30. The molecule has 0 radical (unpaired) electrons. The molecule has 0 aliphatic carbocycles. The summed E-state index contributed by atoms with van der Waals surface area (Å²) < 4.78 is 0.856. The van der Waals surface area contributed by atoms with E-state index in [1.54, 1.807) is 12.1 Å². The van der Waals surface area contributed by atoms with Crippen LogP contribution in [0.3, 0.4) is 0 Å². The van der Waals surface area contributed by atoms with Crippen LogP contribution < -0.4 is 10.6 Å². The molecule has 1 fully saturated rings. The second-order valence-corrected chi connectivity index (χ2v) is 4.76. The zero-order valence-electron chi connectivity index (χ0n) is 8.09. The van der Waals surface area contributed by atoms with Crippen molar-refractivity contribution >= 4 is 45.0 Å². The highest BCUT2D eigenvalue weighted by Crippen LogP contribution is 2.26. The van der Waals surface area contributed by atoms with Crippen molar-refractivity contribution in [2.45, 2.75) is 12.5 Å². The maximum Gasteiger partial charge on any atom is 0.249 e. The van der Waals surface area contributed by atoms with Crippen LogP contribution in [0.1, 0.15) is 6.42 Å². The van der Waals surface area contributed by atoms with Gasteiger partial charge in [0, 0.05) is 4.47 Å². The van der Waals surface area contributed by atoms with Crippen LogP contribution in [0.4, 0.5) is 5.69 Å². The number of hydrogen-bond acceptors (Lipinski definition) is 3. The third-order valence-corrected chi connectivity index (χ3v) is 3.04. The molecule has 2 rings (SSSR count). The number of carbonyl (C=O) groups is 2. The molecule has 2 amide bonds. The van der Waals surface area contributed by atoms with Crippen LogP contribution in [-0.2, 0) is 9.59 Å². The van der Waals surface area contributed by atoms with E-state index in [4.69, 9.17) is 11.6 Å². The first-order chi connectivity index (χ1) is 7.56. The van der Waals surface area contributed by atoms with E-state index < -0.39 is 6.04 Å². The standard InChI is InChI=1S/C10H8BrClN2O2/c11-5-1-2-7(6(12)3-5)13-8-4-9(15)14-10(8)16/h1-3,8,13H,4H2,(H,14,15,16). The Morgan fingerprint density at radius 3 is 2.75 bits per heavy atom. The third kappa shape index (κ3) is 2.36. The van der Waals surface area contributed by atoms with Gasteiger partial charge in [-0.05, 0) is 18.2 Å². The van der Waals surface area contributed by atoms with Gasteiger partial charge in [0.2, 0.25) is 11.8 Å². The van der Waals surface area contributed by atoms with Gasteiger partial charge in [-0.3, -0.25) is 14.9 Å². The Morgan fingerprint density at radius 2 is 2.19 bits per heavy atom. The van der Waals surface area contributed by atoms with Gasteiger partial charge in [0.1, 0.15) is 6.04 Å². The molecule has 1 aliphatic rings. The monoisotopic (exact) mass is 302 g/mol. The lowest BCUT2D eigenvalue weighted by Crippen LogP contribution is -2.30. The second-order valence-electron chi connectivity index (χ2n) is 3.44. The van der Waals surface area contributed by atoms with Crippen molar-refractivity contribution in [3.63, 3.8) is 0 Å². The summed E-state index contributed by atoms with van der Waals surface area (Å²) in [5.74, 6) is -0.584. The summed E-state index contributed by atoms with van der Waals surface area (Å²) in [6, 6.07) is 4.75. The number of anilines is 1. The molecule has 4 nitrogen and oxygen atoms in total. The lowest BCUT2D eigenvalue weighted by atomic mass is 10.2. The van der Waals surface area contributed by atoms with Crippen LogP contribution >= 0.6 is 27.5 Å². The minimum atomic E-state index is -0.536. The van der Waals surface area contributed by atoms with E-state index in [1.807, 2.05) is 6.07 Å². The minimum Gasteiger partial charge on any atom is -0.372 e. The molecule has 1 aromatic carbocycles. The third-order valence-electron chi connectivity index (χ3n) is 2.23. The van der Waals surface area contributed by atoms with Crippen molar-refractivity contribution in [1.29, 1.82) is 0 Å². The van der Waals surface area contributed by atoms with Gasteiger partial charge in [-0.1, -0.05) is 27.5 Å². The van der Waals surface area contributed by atoms with E-state index in [2.05, 4.69) is 26.6 Å². The van der Waals surface area contributed by atoms with Gasteiger partial charge in [-0.15, -0.1) is 0 Å². The topological polar surface area (TPSA) is 58.2 Å². The number of carbonyl (C=O) groups excluding carboxylic acids is 2. The van der Waals surface area contributed by atoms with E-state index in [9.17, 15) is 9.59 Å². The van der Waals surface area contributed by atoms with Crippen molar-refractivity contribution < 1.29 is 9.59 Å². The van der Waals surface area contributed by atoms with Crippen molar-refractivity contribution in [1.82, 2.24) is 5.32 Å². The molecule has 1 aromatic rings. The summed E-state index contributed by atoms with van der Waals surface area (Å²) in [5, 5.41) is 5.66.